The Hall–Kier alpha value is -1.04. The molecule has 0 aliphatic heterocycles. The summed E-state index contributed by atoms with van der Waals surface area (Å²) in [6, 6.07) is 11.2. The number of fused-ring (bicyclic) bond motifs is 2. The number of hydrogen-bond acceptors (Lipinski definition) is 0. The van der Waals surface area contributed by atoms with Crippen molar-refractivity contribution in [2.75, 3.05) is 0 Å². The zero-order chi connectivity index (χ0) is 14.6. The molecule has 0 atom stereocenters. The second-order valence-electron chi connectivity index (χ2n) is 8.03. The third-order valence-corrected chi connectivity index (χ3v) is 6.72. The standard InChI is InChI=1S/C20H28/c1-15-16(2)20(18(3,4)5)13-11-19(15,12-14-20)17-9-7-6-8-10-17/h6-10H,11-14H2,1-5H3. The molecule has 20 heavy (non-hydrogen) atoms. The van der Waals surface area contributed by atoms with E-state index < -0.39 is 0 Å². The lowest BCUT2D eigenvalue weighted by Crippen LogP contribution is -2.50. The molecule has 3 aliphatic rings. The van der Waals surface area contributed by atoms with E-state index in [1.165, 1.54) is 25.7 Å². The molecule has 0 amide bonds. The Labute approximate surface area is 124 Å². The fourth-order valence-corrected chi connectivity index (χ4v) is 5.15. The first-order valence-corrected chi connectivity index (χ1v) is 8.07. The van der Waals surface area contributed by atoms with Crippen LogP contribution < -0.4 is 0 Å². The van der Waals surface area contributed by atoms with Gasteiger partial charge in [-0.3, -0.25) is 0 Å². The quantitative estimate of drug-likeness (QED) is 0.558. The third kappa shape index (κ3) is 1.60. The first kappa shape index (κ1) is 13.9. The summed E-state index contributed by atoms with van der Waals surface area (Å²) in [5.74, 6) is 0. The minimum Gasteiger partial charge on any atom is -0.0668 e. The Balaban J connectivity index is 2.15. The van der Waals surface area contributed by atoms with E-state index in [-0.39, 0.29) is 0 Å². The van der Waals surface area contributed by atoms with Gasteiger partial charge in [-0.2, -0.15) is 0 Å². The lowest BCUT2D eigenvalue weighted by Gasteiger charge is -2.60. The Morgan fingerprint density at radius 2 is 1.35 bits per heavy atom. The molecule has 0 heterocycles. The average Bonchev–Trinajstić information content (AvgIpc) is 2.44. The predicted molar refractivity (Wildman–Crippen MR) is 86.9 cm³/mol. The molecular formula is C20H28. The average molecular weight is 268 g/mol. The number of benzene rings is 1. The zero-order valence-corrected chi connectivity index (χ0v) is 13.7. The first-order valence-electron chi connectivity index (χ1n) is 8.07. The highest BCUT2D eigenvalue weighted by Gasteiger charge is 2.55. The summed E-state index contributed by atoms with van der Waals surface area (Å²) in [6.07, 6.45) is 5.37. The van der Waals surface area contributed by atoms with Gasteiger partial charge in [-0.1, -0.05) is 62.2 Å². The van der Waals surface area contributed by atoms with Crippen LogP contribution in [-0.4, -0.2) is 0 Å². The molecule has 3 aliphatic carbocycles. The van der Waals surface area contributed by atoms with Gasteiger partial charge in [0.2, 0.25) is 0 Å². The molecule has 0 saturated heterocycles. The smallest absolute Gasteiger partial charge is 0.0162 e. The maximum Gasteiger partial charge on any atom is 0.0162 e. The van der Waals surface area contributed by atoms with Crippen molar-refractivity contribution in [2.45, 2.75) is 65.7 Å². The second-order valence-corrected chi connectivity index (χ2v) is 8.03. The maximum absolute atomic E-state index is 2.44. The van der Waals surface area contributed by atoms with Gasteiger partial charge in [-0.25, -0.2) is 0 Å². The fraction of sp³-hybridized carbons (Fsp3) is 0.600. The predicted octanol–water partition coefficient (Wildman–Crippen LogP) is 5.88. The van der Waals surface area contributed by atoms with Crippen LogP contribution in [0.25, 0.3) is 0 Å². The SMILES string of the molecule is CC1=C(C)C2(C(C)(C)C)CCC1(c1ccccc1)CC2. The number of allylic oxidation sites excluding steroid dienone is 2. The minimum atomic E-state index is 0.332. The molecule has 4 rings (SSSR count). The second kappa shape index (κ2) is 4.23. The van der Waals surface area contributed by atoms with E-state index in [0.29, 0.717) is 16.2 Å². The Morgan fingerprint density at radius 3 is 1.85 bits per heavy atom. The van der Waals surface area contributed by atoms with Crippen LogP contribution in [0.4, 0.5) is 0 Å². The van der Waals surface area contributed by atoms with Crippen LogP contribution >= 0.6 is 0 Å². The van der Waals surface area contributed by atoms with Crippen molar-refractivity contribution in [1.82, 2.24) is 0 Å². The lowest BCUT2D eigenvalue weighted by atomic mass is 9.44. The van der Waals surface area contributed by atoms with E-state index >= 15 is 0 Å². The van der Waals surface area contributed by atoms with Crippen molar-refractivity contribution in [1.29, 1.82) is 0 Å². The molecule has 0 spiro atoms. The van der Waals surface area contributed by atoms with Crippen molar-refractivity contribution in [3.05, 3.63) is 47.0 Å². The maximum atomic E-state index is 2.44. The molecule has 1 aromatic carbocycles. The van der Waals surface area contributed by atoms with E-state index in [4.69, 9.17) is 0 Å². The monoisotopic (exact) mass is 268 g/mol. The molecule has 0 N–H and O–H groups in total. The van der Waals surface area contributed by atoms with Crippen LogP contribution in [0.3, 0.4) is 0 Å². The van der Waals surface area contributed by atoms with Gasteiger partial charge >= 0.3 is 0 Å². The largest absolute Gasteiger partial charge is 0.0668 e. The highest BCUT2D eigenvalue weighted by atomic mass is 14.6. The van der Waals surface area contributed by atoms with Crippen LogP contribution in [0.1, 0.15) is 65.9 Å². The number of hydrogen-bond donors (Lipinski definition) is 0. The topological polar surface area (TPSA) is 0 Å². The molecule has 0 unspecified atom stereocenters. The molecule has 1 aromatic rings. The van der Waals surface area contributed by atoms with Gasteiger partial charge < -0.3 is 0 Å². The van der Waals surface area contributed by atoms with Gasteiger partial charge in [-0.15, -0.1) is 0 Å². The minimum absolute atomic E-state index is 0.332. The lowest BCUT2D eigenvalue weighted by molar-refractivity contribution is 0.0343. The Kier molecular flexibility index (Phi) is 2.94. The van der Waals surface area contributed by atoms with Gasteiger partial charge in [0, 0.05) is 5.41 Å². The van der Waals surface area contributed by atoms with Crippen LogP contribution in [-0.2, 0) is 5.41 Å². The summed E-state index contributed by atoms with van der Waals surface area (Å²) < 4.78 is 0. The molecule has 1 saturated carbocycles. The van der Waals surface area contributed by atoms with Crippen molar-refractivity contribution in [3.63, 3.8) is 0 Å². The summed E-state index contributed by atoms with van der Waals surface area (Å²) in [6.45, 7) is 12.1. The summed E-state index contributed by atoms with van der Waals surface area (Å²) >= 11 is 0. The van der Waals surface area contributed by atoms with E-state index in [0.717, 1.165) is 0 Å². The van der Waals surface area contributed by atoms with Crippen LogP contribution in [0.5, 0.6) is 0 Å². The molecule has 0 heteroatoms. The summed E-state index contributed by atoms with van der Waals surface area (Å²) in [5, 5.41) is 0. The van der Waals surface area contributed by atoms with Crippen molar-refractivity contribution in [2.24, 2.45) is 10.8 Å². The van der Waals surface area contributed by atoms with Gasteiger partial charge in [-0.05, 0) is 55.9 Å². The van der Waals surface area contributed by atoms with Gasteiger partial charge in [0.25, 0.3) is 0 Å². The third-order valence-electron chi connectivity index (χ3n) is 6.72. The summed E-state index contributed by atoms with van der Waals surface area (Å²) in [4.78, 5) is 0. The highest BCUT2D eigenvalue weighted by Crippen LogP contribution is 2.65. The summed E-state index contributed by atoms with van der Waals surface area (Å²) in [5.41, 5.74) is 6.04. The van der Waals surface area contributed by atoms with Crippen molar-refractivity contribution < 1.29 is 0 Å². The Bertz CT molecular complexity index is 531. The van der Waals surface area contributed by atoms with E-state index in [1.807, 2.05) is 0 Å². The molecule has 0 aromatic heterocycles. The summed E-state index contributed by atoms with van der Waals surface area (Å²) in [7, 11) is 0. The first-order chi connectivity index (χ1) is 9.33. The molecule has 0 radical (unpaired) electrons. The van der Waals surface area contributed by atoms with Gasteiger partial charge in [0.1, 0.15) is 0 Å². The molecular weight excluding hydrogens is 240 g/mol. The molecule has 1 fully saturated rings. The van der Waals surface area contributed by atoms with Crippen LogP contribution in [0.15, 0.2) is 41.5 Å². The number of rotatable bonds is 1. The van der Waals surface area contributed by atoms with E-state index in [2.05, 4.69) is 65.0 Å². The van der Waals surface area contributed by atoms with Gasteiger partial charge in [0.05, 0.1) is 0 Å². The van der Waals surface area contributed by atoms with Gasteiger partial charge in [0.15, 0.2) is 0 Å². The van der Waals surface area contributed by atoms with Crippen molar-refractivity contribution in [3.8, 4) is 0 Å². The van der Waals surface area contributed by atoms with E-state index in [9.17, 15) is 0 Å². The Morgan fingerprint density at radius 1 is 0.800 bits per heavy atom. The molecule has 108 valence electrons. The van der Waals surface area contributed by atoms with Crippen LogP contribution in [0.2, 0.25) is 0 Å². The molecule has 2 bridgehead atoms. The normalized spacial score (nSPS) is 33.6. The van der Waals surface area contributed by atoms with Crippen LogP contribution in [0, 0.1) is 10.8 Å². The van der Waals surface area contributed by atoms with Crippen molar-refractivity contribution >= 4 is 0 Å². The van der Waals surface area contributed by atoms with E-state index in [1.54, 1.807) is 16.7 Å². The zero-order valence-electron chi connectivity index (χ0n) is 13.7. The molecule has 0 nitrogen and oxygen atoms in total. The highest BCUT2D eigenvalue weighted by molar-refractivity contribution is 5.45. The fourth-order valence-electron chi connectivity index (χ4n) is 5.15.